The Morgan fingerprint density at radius 3 is 2.67 bits per heavy atom. The second-order valence-electron chi connectivity index (χ2n) is 6.44. The topological polar surface area (TPSA) is 58.6 Å². The van der Waals surface area contributed by atoms with Gasteiger partial charge in [0.05, 0.1) is 18.1 Å². The zero-order chi connectivity index (χ0) is 17.4. The second-order valence-corrected chi connectivity index (χ2v) is 6.44. The van der Waals surface area contributed by atoms with E-state index in [-0.39, 0.29) is 24.0 Å². The number of allylic oxidation sites excluding steroid dienone is 6. The maximum absolute atomic E-state index is 12.5. The lowest BCUT2D eigenvalue weighted by Crippen LogP contribution is -2.47. The van der Waals surface area contributed by atoms with Crippen molar-refractivity contribution in [2.45, 2.75) is 38.3 Å². The maximum Gasteiger partial charge on any atom is 0.225 e. The smallest absolute Gasteiger partial charge is 0.225 e. The van der Waals surface area contributed by atoms with Crippen LogP contribution in [0.2, 0.25) is 0 Å². The SMILES string of the molecule is COC(C(C)C(=O)NCCC1C=CC=CC=C1)C1CCCN1C=O. The average Bonchev–Trinajstić information content (AvgIpc) is 2.90. The van der Waals surface area contributed by atoms with Gasteiger partial charge in [0.15, 0.2) is 0 Å². The van der Waals surface area contributed by atoms with Crippen LogP contribution < -0.4 is 5.32 Å². The zero-order valence-electron chi connectivity index (χ0n) is 14.6. The Balaban J connectivity index is 1.82. The normalized spacial score (nSPS) is 23.1. The molecule has 0 radical (unpaired) electrons. The lowest BCUT2D eigenvalue weighted by atomic mass is 9.95. The first kappa shape index (κ1) is 18.5. The van der Waals surface area contributed by atoms with E-state index < -0.39 is 0 Å². The minimum absolute atomic E-state index is 0.00736. The van der Waals surface area contributed by atoms with Gasteiger partial charge < -0.3 is 15.0 Å². The number of nitrogens with one attached hydrogen (secondary N) is 1. The zero-order valence-corrected chi connectivity index (χ0v) is 14.6. The van der Waals surface area contributed by atoms with E-state index in [9.17, 15) is 9.59 Å². The molecule has 1 aliphatic heterocycles. The van der Waals surface area contributed by atoms with Crippen LogP contribution in [0.1, 0.15) is 26.2 Å². The van der Waals surface area contributed by atoms with Crippen LogP contribution in [0.3, 0.4) is 0 Å². The number of hydrogen-bond acceptors (Lipinski definition) is 3. The molecule has 2 amide bonds. The van der Waals surface area contributed by atoms with E-state index in [0.717, 1.165) is 32.2 Å². The summed E-state index contributed by atoms with van der Waals surface area (Å²) in [5.41, 5.74) is 0. The summed E-state index contributed by atoms with van der Waals surface area (Å²) >= 11 is 0. The Bertz CT molecular complexity index is 497. The highest BCUT2D eigenvalue weighted by atomic mass is 16.5. The molecular formula is C19H28N2O3. The van der Waals surface area contributed by atoms with Crippen LogP contribution in [0, 0.1) is 11.8 Å². The molecule has 0 saturated carbocycles. The van der Waals surface area contributed by atoms with Gasteiger partial charge in [-0.25, -0.2) is 0 Å². The molecular weight excluding hydrogens is 304 g/mol. The highest BCUT2D eigenvalue weighted by molar-refractivity contribution is 5.79. The number of nitrogens with zero attached hydrogens (tertiary/aromatic N) is 1. The predicted octanol–water partition coefficient (Wildman–Crippen LogP) is 2.06. The summed E-state index contributed by atoms with van der Waals surface area (Å²) in [7, 11) is 1.61. The molecule has 0 aromatic rings. The van der Waals surface area contributed by atoms with Gasteiger partial charge in [-0.3, -0.25) is 9.59 Å². The van der Waals surface area contributed by atoms with Crippen LogP contribution >= 0.6 is 0 Å². The fourth-order valence-electron chi connectivity index (χ4n) is 3.46. The van der Waals surface area contributed by atoms with Crippen molar-refractivity contribution in [3.05, 3.63) is 36.5 Å². The van der Waals surface area contributed by atoms with E-state index in [2.05, 4.69) is 17.5 Å². The second kappa shape index (κ2) is 9.42. The fourth-order valence-corrected chi connectivity index (χ4v) is 3.46. The van der Waals surface area contributed by atoms with E-state index >= 15 is 0 Å². The number of carbonyl (C=O) groups excluding carboxylic acids is 2. The summed E-state index contributed by atoms with van der Waals surface area (Å²) in [6.45, 7) is 3.25. The number of rotatable bonds is 8. The van der Waals surface area contributed by atoms with Crippen LogP contribution in [-0.4, -0.2) is 49.6 Å². The van der Waals surface area contributed by atoms with Crippen LogP contribution in [0.25, 0.3) is 0 Å². The molecule has 1 aliphatic carbocycles. The molecule has 3 atom stereocenters. The Hall–Kier alpha value is -1.88. The molecule has 2 rings (SSSR count). The van der Waals surface area contributed by atoms with Gasteiger partial charge in [0.25, 0.3) is 0 Å². The molecule has 24 heavy (non-hydrogen) atoms. The van der Waals surface area contributed by atoms with E-state index in [1.54, 1.807) is 12.0 Å². The Kier molecular flexibility index (Phi) is 7.25. The molecule has 1 heterocycles. The lowest BCUT2D eigenvalue weighted by molar-refractivity contribution is -0.133. The first-order chi connectivity index (χ1) is 11.7. The monoisotopic (exact) mass is 332 g/mol. The van der Waals surface area contributed by atoms with Gasteiger partial charge in [-0.05, 0) is 25.2 Å². The summed E-state index contributed by atoms with van der Waals surface area (Å²) in [5, 5.41) is 3.01. The largest absolute Gasteiger partial charge is 0.378 e. The van der Waals surface area contributed by atoms with Crippen molar-refractivity contribution in [2.24, 2.45) is 11.8 Å². The van der Waals surface area contributed by atoms with Crippen LogP contribution in [0.4, 0.5) is 0 Å². The minimum Gasteiger partial charge on any atom is -0.378 e. The third-order valence-corrected chi connectivity index (χ3v) is 4.86. The van der Waals surface area contributed by atoms with Crippen LogP contribution in [0.15, 0.2) is 36.5 Å². The van der Waals surface area contributed by atoms with E-state index in [1.165, 1.54) is 0 Å². The van der Waals surface area contributed by atoms with Crippen molar-refractivity contribution in [1.82, 2.24) is 10.2 Å². The Labute approximate surface area is 144 Å². The van der Waals surface area contributed by atoms with Crippen LogP contribution in [0.5, 0.6) is 0 Å². The first-order valence-electron chi connectivity index (χ1n) is 8.70. The van der Waals surface area contributed by atoms with Crippen molar-refractivity contribution in [3.63, 3.8) is 0 Å². The Morgan fingerprint density at radius 2 is 2.04 bits per heavy atom. The fraction of sp³-hybridized carbons (Fsp3) is 0.579. The van der Waals surface area contributed by atoms with Gasteiger partial charge >= 0.3 is 0 Å². The van der Waals surface area contributed by atoms with Gasteiger partial charge in [0.1, 0.15) is 0 Å². The van der Waals surface area contributed by atoms with Gasteiger partial charge in [0.2, 0.25) is 12.3 Å². The molecule has 2 aliphatic rings. The highest BCUT2D eigenvalue weighted by Crippen LogP contribution is 2.25. The van der Waals surface area contributed by atoms with Gasteiger partial charge in [0, 0.05) is 20.2 Å². The highest BCUT2D eigenvalue weighted by Gasteiger charge is 2.37. The predicted molar refractivity (Wildman–Crippen MR) is 94.3 cm³/mol. The van der Waals surface area contributed by atoms with Crippen molar-refractivity contribution >= 4 is 12.3 Å². The quantitative estimate of drug-likeness (QED) is 0.692. The van der Waals surface area contributed by atoms with Gasteiger partial charge in [-0.15, -0.1) is 0 Å². The summed E-state index contributed by atoms with van der Waals surface area (Å²) in [6, 6.07) is -0.00736. The molecule has 0 aromatic carbocycles. The van der Waals surface area contributed by atoms with E-state index in [1.807, 2.05) is 31.2 Å². The standard InChI is InChI=1S/C19H28N2O3/c1-15(18(24-2)17-10-7-13-21(17)14-22)19(23)20-12-11-16-8-5-3-4-6-9-16/h3-6,8-9,14-18H,7,10-13H2,1-2H3,(H,20,23). The van der Waals surface area contributed by atoms with Crippen molar-refractivity contribution < 1.29 is 14.3 Å². The third kappa shape index (κ3) is 4.81. The van der Waals surface area contributed by atoms with E-state index in [4.69, 9.17) is 4.74 Å². The van der Waals surface area contributed by atoms with Crippen molar-refractivity contribution in [2.75, 3.05) is 20.2 Å². The molecule has 132 valence electrons. The van der Waals surface area contributed by atoms with Crippen molar-refractivity contribution in [1.29, 1.82) is 0 Å². The number of methoxy groups -OCH3 is 1. The molecule has 0 spiro atoms. The lowest BCUT2D eigenvalue weighted by Gasteiger charge is -2.31. The third-order valence-electron chi connectivity index (χ3n) is 4.86. The molecule has 5 heteroatoms. The number of hydrogen-bond donors (Lipinski definition) is 1. The summed E-state index contributed by atoms with van der Waals surface area (Å²) in [6.07, 6.45) is 15.7. The molecule has 1 saturated heterocycles. The Morgan fingerprint density at radius 1 is 1.33 bits per heavy atom. The number of carbonyl (C=O) groups is 2. The summed E-state index contributed by atoms with van der Waals surface area (Å²) < 4.78 is 5.57. The van der Waals surface area contributed by atoms with Gasteiger partial charge in [-0.2, -0.15) is 0 Å². The number of ether oxygens (including phenoxy) is 1. The molecule has 1 fully saturated rings. The molecule has 1 N–H and O–H groups in total. The van der Waals surface area contributed by atoms with Crippen LogP contribution in [-0.2, 0) is 14.3 Å². The summed E-state index contributed by atoms with van der Waals surface area (Å²) in [5.74, 6) is 0.0379. The average molecular weight is 332 g/mol. The van der Waals surface area contributed by atoms with Gasteiger partial charge in [-0.1, -0.05) is 43.4 Å². The number of amides is 2. The minimum atomic E-state index is -0.289. The maximum atomic E-state index is 12.5. The molecule has 0 aromatic heterocycles. The molecule has 0 bridgehead atoms. The first-order valence-corrected chi connectivity index (χ1v) is 8.70. The van der Waals surface area contributed by atoms with Crippen molar-refractivity contribution in [3.8, 4) is 0 Å². The van der Waals surface area contributed by atoms with E-state index in [0.29, 0.717) is 12.5 Å². The molecule has 3 unspecified atom stereocenters. The summed E-state index contributed by atoms with van der Waals surface area (Å²) in [4.78, 5) is 25.4. The number of likely N-dealkylation sites (tertiary alicyclic amines) is 1. The molecule has 5 nitrogen and oxygen atoms in total.